The summed E-state index contributed by atoms with van der Waals surface area (Å²) in [6.45, 7) is -3.36. The number of nitrogens with zero attached hydrogens (tertiary/aromatic N) is 3. The van der Waals surface area contributed by atoms with Crippen LogP contribution in [0.3, 0.4) is 0 Å². The second kappa shape index (κ2) is 9.15. The van der Waals surface area contributed by atoms with Crippen LogP contribution in [0.4, 0.5) is 28.9 Å². The van der Waals surface area contributed by atoms with Gasteiger partial charge < -0.3 is 9.64 Å². The van der Waals surface area contributed by atoms with Crippen molar-refractivity contribution in [3.63, 3.8) is 0 Å². The first kappa shape index (κ1) is 22.5. The van der Waals surface area contributed by atoms with Crippen molar-refractivity contribution in [3.8, 4) is 5.75 Å². The van der Waals surface area contributed by atoms with E-state index in [2.05, 4.69) is 0 Å². The highest BCUT2D eigenvalue weighted by atomic mass is 19.4. The van der Waals surface area contributed by atoms with Crippen LogP contribution < -0.4 is 4.74 Å². The number of benzene rings is 2. The van der Waals surface area contributed by atoms with Crippen molar-refractivity contribution in [2.24, 2.45) is 0 Å². The highest BCUT2D eigenvalue weighted by Gasteiger charge is 2.34. The van der Waals surface area contributed by atoms with E-state index in [-0.39, 0.29) is 11.3 Å². The average Bonchev–Trinajstić information content (AvgIpc) is 2.64. The van der Waals surface area contributed by atoms with Crippen molar-refractivity contribution in [1.29, 1.82) is 0 Å². The standard InChI is InChI=1S/C17H13F4N3O6/c18-13-7-12(5-6-15(13)24(28)29)30-9-16(25)22(10-17(19,20)21)8-11-3-1-2-4-14(11)23(26)27/h1-7H,8-10H2. The molecule has 0 bridgehead atoms. The lowest BCUT2D eigenvalue weighted by molar-refractivity contribution is -0.387. The molecule has 0 N–H and O–H groups in total. The molecule has 0 fully saturated rings. The Hall–Kier alpha value is -3.77. The summed E-state index contributed by atoms with van der Waals surface area (Å²) in [5, 5.41) is 21.6. The fraction of sp³-hybridized carbons (Fsp3) is 0.235. The fourth-order valence-electron chi connectivity index (χ4n) is 2.44. The van der Waals surface area contributed by atoms with Gasteiger partial charge in [0.05, 0.1) is 16.4 Å². The number of halogens is 4. The predicted molar refractivity (Wildman–Crippen MR) is 93.1 cm³/mol. The van der Waals surface area contributed by atoms with Crippen molar-refractivity contribution in [2.75, 3.05) is 13.2 Å². The zero-order valence-corrected chi connectivity index (χ0v) is 15.0. The molecule has 2 aromatic carbocycles. The van der Waals surface area contributed by atoms with Gasteiger partial charge in [0.15, 0.2) is 6.61 Å². The molecule has 0 aliphatic heterocycles. The Bertz CT molecular complexity index is 967. The lowest BCUT2D eigenvalue weighted by Crippen LogP contribution is -2.41. The number of amides is 1. The molecule has 0 radical (unpaired) electrons. The van der Waals surface area contributed by atoms with Crippen molar-refractivity contribution in [1.82, 2.24) is 4.90 Å². The molecule has 0 saturated heterocycles. The molecular weight excluding hydrogens is 418 g/mol. The Morgan fingerprint density at radius 1 is 1.03 bits per heavy atom. The third-order valence-electron chi connectivity index (χ3n) is 3.75. The highest BCUT2D eigenvalue weighted by Crippen LogP contribution is 2.24. The van der Waals surface area contributed by atoms with Crippen LogP contribution in [0, 0.1) is 26.0 Å². The van der Waals surface area contributed by atoms with E-state index in [0.717, 1.165) is 18.2 Å². The smallest absolute Gasteiger partial charge is 0.406 e. The van der Waals surface area contributed by atoms with Crippen LogP contribution in [0.1, 0.15) is 5.56 Å². The van der Waals surface area contributed by atoms with Gasteiger partial charge in [-0.2, -0.15) is 17.6 Å². The summed E-state index contributed by atoms with van der Waals surface area (Å²) in [6.07, 6.45) is -4.79. The van der Waals surface area contributed by atoms with Gasteiger partial charge in [-0.25, -0.2) is 0 Å². The van der Waals surface area contributed by atoms with Gasteiger partial charge in [0.25, 0.3) is 11.6 Å². The third-order valence-corrected chi connectivity index (χ3v) is 3.75. The fourth-order valence-corrected chi connectivity index (χ4v) is 2.44. The van der Waals surface area contributed by atoms with Crippen LogP contribution >= 0.6 is 0 Å². The van der Waals surface area contributed by atoms with E-state index in [0.29, 0.717) is 11.0 Å². The molecule has 2 rings (SSSR count). The minimum absolute atomic E-state index is 0.124. The maximum Gasteiger partial charge on any atom is 0.406 e. The molecule has 0 atom stereocenters. The largest absolute Gasteiger partial charge is 0.484 e. The zero-order chi connectivity index (χ0) is 22.5. The topological polar surface area (TPSA) is 116 Å². The van der Waals surface area contributed by atoms with E-state index < -0.39 is 58.8 Å². The molecule has 0 unspecified atom stereocenters. The molecule has 0 aromatic heterocycles. The molecule has 0 aliphatic rings. The maximum atomic E-state index is 13.6. The summed E-state index contributed by atoms with van der Waals surface area (Å²) in [5.74, 6) is -2.75. The van der Waals surface area contributed by atoms with Gasteiger partial charge in [0, 0.05) is 23.8 Å². The molecular formula is C17H13F4N3O6. The van der Waals surface area contributed by atoms with Crippen LogP contribution in [-0.4, -0.2) is 40.0 Å². The van der Waals surface area contributed by atoms with E-state index in [1.54, 1.807) is 0 Å². The van der Waals surface area contributed by atoms with Crippen molar-refractivity contribution >= 4 is 17.3 Å². The van der Waals surface area contributed by atoms with Gasteiger partial charge in [-0.3, -0.25) is 25.0 Å². The van der Waals surface area contributed by atoms with E-state index in [9.17, 15) is 42.6 Å². The summed E-state index contributed by atoms with van der Waals surface area (Å²) >= 11 is 0. The number of alkyl halides is 3. The Labute approximate surface area is 165 Å². The first-order chi connectivity index (χ1) is 14.0. The molecule has 13 heteroatoms. The maximum absolute atomic E-state index is 13.6. The summed E-state index contributed by atoms with van der Waals surface area (Å²) < 4.78 is 57.2. The molecule has 160 valence electrons. The lowest BCUT2D eigenvalue weighted by Gasteiger charge is -2.24. The van der Waals surface area contributed by atoms with Crippen LogP contribution in [-0.2, 0) is 11.3 Å². The monoisotopic (exact) mass is 431 g/mol. The van der Waals surface area contributed by atoms with Crippen molar-refractivity contribution < 1.29 is 36.9 Å². The Balaban J connectivity index is 2.17. The van der Waals surface area contributed by atoms with Crippen molar-refractivity contribution in [2.45, 2.75) is 12.7 Å². The van der Waals surface area contributed by atoms with Gasteiger partial charge in [-0.15, -0.1) is 0 Å². The average molecular weight is 431 g/mol. The number of carbonyl (C=O) groups is 1. The number of hydrogen-bond donors (Lipinski definition) is 0. The number of ether oxygens (including phenoxy) is 1. The number of rotatable bonds is 8. The van der Waals surface area contributed by atoms with Crippen molar-refractivity contribution in [3.05, 3.63) is 74.1 Å². The van der Waals surface area contributed by atoms with Crippen LogP contribution in [0.15, 0.2) is 42.5 Å². The molecule has 9 nitrogen and oxygen atoms in total. The van der Waals surface area contributed by atoms with Gasteiger partial charge in [-0.05, 0) is 6.07 Å². The number of para-hydroxylation sites is 1. The Morgan fingerprint density at radius 2 is 1.67 bits per heavy atom. The minimum atomic E-state index is -4.79. The molecule has 1 amide bonds. The Kier molecular flexibility index (Phi) is 6.87. The van der Waals surface area contributed by atoms with Crippen LogP contribution in [0.5, 0.6) is 5.75 Å². The van der Waals surface area contributed by atoms with E-state index in [4.69, 9.17) is 4.74 Å². The third kappa shape index (κ3) is 6.12. The zero-order valence-electron chi connectivity index (χ0n) is 15.0. The molecule has 0 heterocycles. The predicted octanol–water partition coefficient (Wildman–Crippen LogP) is 3.61. The second-order valence-corrected chi connectivity index (χ2v) is 5.91. The molecule has 30 heavy (non-hydrogen) atoms. The molecule has 0 saturated carbocycles. The van der Waals surface area contributed by atoms with E-state index in [1.165, 1.54) is 18.2 Å². The number of nitro groups is 2. The normalized spacial score (nSPS) is 11.1. The summed E-state index contributed by atoms with van der Waals surface area (Å²) in [6, 6.07) is 7.35. The van der Waals surface area contributed by atoms with Crippen LogP contribution in [0.2, 0.25) is 0 Å². The van der Waals surface area contributed by atoms with Gasteiger partial charge >= 0.3 is 11.9 Å². The summed E-state index contributed by atoms with van der Waals surface area (Å²) in [4.78, 5) is 32.4. The first-order valence-electron chi connectivity index (χ1n) is 8.11. The van der Waals surface area contributed by atoms with Gasteiger partial charge in [-0.1, -0.05) is 18.2 Å². The number of nitro benzene ring substituents is 2. The quantitative estimate of drug-likeness (QED) is 0.358. The van der Waals surface area contributed by atoms with E-state index >= 15 is 0 Å². The minimum Gasteiger partial charge on any atom is -0.484 e. The van der Waals surface area contributed by atoms with Gasteiger partial charge in [0.1, 0.15) is 12.3 Å². The Morgan fingerprint density at radius 3 is 2.23 bits per heavy atom. The van der Waals surface area contributed by atoms with Gasteiger partial charge in [0.2, 0.25) is 5.82 Å². The van der Waals surface area contributed by atoms with E-state index in [1.807, 2.05) is 0 Å². The highest BCUT2D eigenvalue weighted by molar-refractivity contribution is 5.78. The summed E-state index contributed by atoms with van der Waals surface area (Å²) in [7, 11) is 0. The summed E-state index contributed by atoms with van der Waals surface area (Å²) in [5.41, 5.74) is -1.43. The first-order valence-corrected chi connectivity index (χ1v) is 8.11. The lowest BCUT2D eigenvalue weighted by atomic mass is 10.1. The molecule has 0 spiro atoms. The van der Waals surface area contributed by atoms with Crippen LogP contribution in [0.25, 0.3) is 0 Å². The number of hydrogen-bond acceptors (Lipinski definition) is 6. The number of carbonyl (C=O) groups excluding carboxylic acids is 1. The molecule has 2 aromatic rings. The second-order valence-electron chi connectivity index (χ2n) is 5.91. The molecule has 0 aliphatic carbocycles. The SMILES string of the molecule is O=C(COc1ccc([N+](=O)[O-])c(F)c1)N(Cc1ccccc1[N+](=O)[O-])CC(F)(F)F.